The molecule has 0 spiro atoms. The van der Waals surface area contributed by atoms with Gasteiger partial charge in [-0.15, -0.1) is 0 Å². The number of carbonyl (C=O) groups excluding carboxylic acids is 2. The number of nitrogens with one attached hydrogen (secondary N) is 2. The first-order valence-corrected chi connectivity index (χ1v) is 9.16. The molecule has 25 heavy (non-hydrogen) atoms. The van der Waals surface area contributed by atoms with E-state index < -0.39 is 0 Å². The van der Waals surface area contributed by atoms with Crippen LogP contribution in [0.4, 0.5) is 5.69 Å². The highest BCUT2D eigenvalue weighted by Gasteiger charge is 2.38. The molecule has 0 radical (unpaired) electrons. The smallest absolute Gasteiger partial charge is 0.251 e. The van der Waals surface area contributed by atoms with Crippen LogP contribution in [0.1, 0.15) is 63.7 Å². The lowest BCUT2D eigenvalue weighted by molar-refractivity contribution is -0.117. The Bertz CT molecular complexity index is 665. The van der Waals surface area contributed by atoms with Crippen LogP contribution in [0.5, 0.6) is 0 Å². The molecule has 0 bridgehead atoms. The van der Waals surface area contributed by atoms with Crippen LogP contribution in [-0.4, -0.2) is 35.5 Å². The van der Waals surface area contributed by atoms with Crippen molar-refractivity contribution >= 4 is 17.5 Å². The van der Waals surface area contributed by atoms with Gasteiger partial charge in [-0.2, -0.15) is 0 Å². The summed E-state index contributed by atoms with van der Waals surface area (Å²) in [4.78, 5) is 26.5. The lowest BCUT2D eigenvalue weighted by Gasteiger charge is -2.46. The highest BCUT2D eigenvalue weighted by atomic mass is 16.2. The van der Waals surface area contributed by atoms with E-state index in [0.717, 1.165) is 31.5 Å². The van der Waals surface area contributed by atoms with Gasteiger partial charge in [0.1, 0.15) is 0 Å². The van der Waals surface area contributed by atoms with Gasteiger partial charge in [-0.25, -0.2) is 0 Å². The maximum Gasteiger partial charge on any atom is 0.251 e. The second-order valence-corrected chi connectivity index (χ2v) is 8.67. The molecule has 136 valence electrons. The van der Waals surface area contributed by atoms with Crippen LogP contribution in [0.15, 0.2) is 24.3 Å². The molecule has 2 heterocycles. The largest absolute Gasteiger partial charge is 0.349 e. The Labute approximate surface area is 150 Å². The lowest BCUT2D eigenvalue weighted by atomic mass is 9.79. The number of amides is 2. The van der Waals surface area contributed by atoms with Crippen LogP contribution in [-0.2, 0) is 4.79 Å². The van der Waals surface area contributed by atoms with Crippen LogP contribution in [0, 0.1) is 0 Å². The zero-order valence-electron chi connectivity index (χ0n) is 15.7. The summed E-state index contributed by atoms with van der Waals surface area (Å²) in [5, 5.41) is 6.82. The number of benzene rings is 1. The van der Waals surface area contributed by atoms with Crippen molar-refractivity contribution in [2.75, 3.05) is 11.4 Å². The van der Waals surface area contributed by atoms with E-state index in [1.165, 1.54) is 0 Å². The van der Waals surface area contributed by atoms with E-state index in [4.69, 9.17) is 0 Å². The number of hydrogen-bond acceptors (Lipinski definition) is 3. The molecule has 3 rings (SSSR count). The van der Waals surface area contributed by atoms with Crippen molar-refractivity contribution in [1.29, 1.82) is 0 Å². The molecule has 0 saturated carbocycles. The Morgan fingerprint density at radius 3 is 2.48 bits per heavy atom. The second kappa shape index (κ2) is 6.45. The molecule has 2 N–H and O–H groups in total. The molecular formula is C20H29N3O2. The Kier molecular flexibility index (Phi) is 4.62. The number of piperidine rings is 1. The van der Waals surface area contributed by atoms with Gasteiger partial charge >= 0.3 is 0 Å². The summed E-state index contributed by atoms with van der Waals surface area (Å²) in [6.07, 6.45) is 3.27. The van der Waals surface area contributed by atoms with Crippen molar-refractivity contribution in [2.24, 2.45) is 0 Å². The Hall–Kier alpha value is -1.88. The summed E-state index contributed by atoms with van der Waals surface area (Å²) in [5.41, 5.74) is 1.42. The first-order chi connectivity index (χ1) is 11.7. The van der Waals surface area contributed by atoms with Gasteiger partial charge < -0.3 is 15.5 Å². The molecule has 5 nitrogen and oxygen atoms in total. The average Bonchev–Trinajstić information content (AvgIpc) is 2.90. The number of rotatable bonds is 3. The van der Waals surface area contributed by atoms with E-state index in [1.807, 2.05) is 24.3 Å². The number of anilines is 1. The van der Waals surface area contributed by atoms with Gasteiger partial charge in [0, 0.05) is 41.3 Å². The highest BCUT2D eigenvalue weighted by molar-refractivity contribution is 5.99. The first-order valence-electron chi connectivity index (χ1n) is 9.16. The fourth-order valence-electron chi connectivity index (χ4n) is 4.43. The van der Waals surface area contributed by atoms with E-state index in [-0.39, 0.29) is 28.9 Å². The molecule has 2 saturated heterocycles. The van der Waals surface area contributed by atoms with E-state index in [0.29, 0.717) is 12.0 Å². The summed E-state index contributed by atoms with van der Waals surface area (Å²) in [6.45, 7) is 9.43. The molecule has 1 aromatic carbocycles. The third-order valence-corrected chi connectivity index (χ3v) is 5.02. The van der Waals surface area contributed by atoms with Crippen LogP contribution in [0.2, 0.25) is 0 Å². The highest BCUT2D eigenvalue weighted by Crippen LogP contribution is 2.29. The fraction of sp³-hybridized carbons (Fsp3) is 0.600. The van der Waals surface area contributed by atoms with Gasteiger partial charge in [0.2, 0.25) is 5.91 Å². The van der Waals surface area contributed by atoms with Crippen molar-refractivity contribution in [3.05, 3.63) is 29.8 Å². The third kappa shape index (κ3) is 4.21. The molecular weight excluding hydrogens is 314 g/mol. The second-order valence-electron chi connectivity index (χ2n) is 8.67. The predicted octanol–water partition coefficient (Wildman–Crippen LogP) is 2.85. The molecule has 1 aromatic rings. The molecule has 5 heteroatoms. The minimum absolute atomic E-state index is 0.0104. The van der Waals surface area contributed by atoms with Crippen LogP contribution >= 0.6 is 0 Å². The number of carbonyl (C=O) groups is 2. The summed E-state index contributed by atoms with van der Waals surface area (Å²) >= 11 is 0. The molecule has 0 aromatic heterocycles. The summed E-state index contributed by atoms with van der Waals surface area (Å²) < 4.78 is 0. The number of hydrogen-bond donors (Lipinski definition) is 2. The van der Waals surface area contributed by atoms with Crippen LogP contribution < -0.4 is 15.5 Å². The van der Waals surface area contributed by atoms with Crippen molar-refractivity contribution in [3.63, 3.8) is 0 Å². The summed E-state index contributed by atoms with van der Waals surface area (Å²) in [6, 6.07) is 7.53. The van der Waals surface area contributed by atoms with E-state index >= 15 is 0 Å². The van der Waals surface area contributed by atoms with Gasteiger partial charge in [-0.1, -0.05) is 6.07 Å². The van der Waals surface area contributed by atoms with Crippen LogP contribution in [0.3, 0.4) is 0 Å². The van der Waals surface area contributed by atoms with Gasteiger partial charge in [0.25, 0.3) is 5.91 Å². The van der Waals surface area contributed by atoms with Gasteiger partial charge in [0.15, 0.2) is 0 Å². The maximum atomic E-state index is 12.7. The predicted molar refractivity (Wildman–Crippen MR) is 99.8 cm³/mol. The molecule has 2 fully saturated rings. The van der Waals surface area contributed by atoms with E-state index in [2.05, 4.69) is 38.3 Å². The molecule has 0 unspecified atom stereocenters. The summed E-state index contributed by atoms with van der Waals surface area (Å²) in [5.74, 6) is 0.0754. The SMILES string of the molecule is CC1(C)CC(NC(=O)c2cccc(N3CCCC3=O)c2)CC(C)(C)N1. The van der Waals surface area contributed by atoms with Gasteiger partial charge in [0.05, 0.1) is 0 Å². The Balaban J connectivity index is 1.72. The lowest BCUT2D eigenvalue weighted by Crippen LogP contribution is -2.62. The standard InChI is InChI=1S/C20H29N3O2/c1-19(2)12-15(13-20(3,4)22-19)21-18(25)14-7-5-8-16(11-14)23-10-6-9-17(23)24/h5,7-8,11,15,22H,6,9-10,12-13H2,1-4H3,(H,21,25). The maximum absolute atomic E-state index is 12.7. The van der Waals surface area contributed by atoms with Crippen LogP contribution in [0.25, 0.3) is 0 Å². The topological polar surface area (TPSA) is 61.4 Å². The first kappa shape index (κ1) is 17.9. The van der Waals surface area contributed by atoms with Crippen molar-refractivity contribution in [3.8, 4) is 0 Å². The number of nitrogens with zero attached hydrogens (tertiary/aromatic N) is 1. The van der Waals surface area contributed by atoms with Crippen molar-refractivity contribution in [1.82, 2.24) is 10.6 Å². The van der Waals surface area contributed by atoms with Crippen molar-refractivity contribution in [2.45, 2.75) is 70.5 Å². The zero-order valence-corrected chi connectivity index (χ0v) is 15.7. The normalized spacial score (nSPS) is 22.9. The summed E-state index contributed by atoms with van der Waals surface area (Å²) in [7, 11) is 0. The minimum atomic E-state index is -0.0630. The zero-order chi connectivity index (χ0) is 18.2. The monoisotopic (exact) mass is 343 g/mol. The fourth-order valence-corrected chi connectivity index (χ4v) is 4.43. The molecule has 2 aliphatic heterocycles. The Morgan fingerprint density at radius 1 is 1.20 bits per heavy atom. The van der Waals surface area contributed by atoms with E-state index in [1.54, 1.807) is 4.90 Å². The van der Waals surface area contributed by atoms with Crippen molar-refractivity contribution < 1.29 is 9.59 Å². The van der Waals surface area contributed by atoms with Gasteiger partial charge in [-0.3, -0.25) is 9.59 Å². The third-order valence-electron chi connectivity index (χ3n) is 5.02. The molecule has 0 atom stereocenters. The van der Waals surface area contributed by atoms with E-state index in [9.17, 15) is 9.59 Å². The Morgan fingerprint density at radius 2 is 1.88 bits per heavy atom. The average molecular weight is 343 g/mol. The quantitative estimate of drug-likeness (QED) is 0.887. The minimum Gasteiger partial charge on any atom is -0.349 e. The van der Waals surface area contributed by atoms with Gasteiger partial charge in [-0.05, 0) is 65.2 Å². The molecule has 2 amide bonds. The molecule has 2 aliphatic rings. The molecule has 0 aliphatic carbocycles.